The van der Waals surface area contributed by atoms with Gasteiger partial charge >= 0.3 is 5.51 Å². The molecule has 0 nitrogen and oxygen atoms in total. The third-order valence-corrected chi connectivity index (χ3v) is 1.13. The van der Waals surface area contributed by atoms with Crippen molar-refractivity contribution < 1.29 is 13.2 Å². The maximum atomic E-state index is 11.1. The van der Waals surface area contributed by atoms with Crippen LogP contribution in [0.2, 0.25) is 0 Å². The highest BCUT2D eigenvalue weighted by Crippen LogP contribution is 2.32. The fourth-order valence-corrected chi connectivity index (χ4v) is 0.891. The van der Waals surface area contributed by atoms with E-state index in [4.69, 9.17) is 0 Å². The van der Waals surface area contributed by atoms with Crippen LogP contribution in [0.3, 0.4) is 0 Å². The van der Waals surface area contributed by atoms with E-state index >= 15 is 0 Å². The zero-order valence-corrected chi connectivity index (χ0v) is 5.93. The number of thiocarbonyl (C=S) groups is 1. The molecule has 48 valence electrons. The van der Waals surface area contributed by atoms with Crippen molar-refractivity contribution in [2.45, 2.75) is 5.51 Å². The summed E-state index contributed by atoms with van der Waals surface area (Å²) >= 11 is 6.92. The molecule has 0 unspecified atom stereocenters. The third kappa shape index (κ3) is 6.58. The summed E-state index contributed by atoms with van der Waals surface area (Å²) in [6.45, 7) is 0. The van der Waals surface area contributed by atoms with E-state index < -0.39 is 20.8 Å². The Labute approximate surface area is 59.2 Å². The molecule has 0 amide bonds. The molecule has 0 aliphatic carbocycles. The first-order valence-electron chi connectivity index (χ1n) is 1.40. The van der Waals surface area contributed by atoms with Gasteiger partial charge in [0.1, 0.15) is 3.53 Å². The summed E-state index contributed by atoms with van der Waals surface area (Å²) in [6, 6.07) is 0. The van der Waals surface area contributed by atoms with Gasteiger partial charge in [-0.25, -0.2) is 0 Å². The van der Waals surface area contributed by atoms with Gasteiger partial charge in [0.2, 0.25) is 0 Å². The van der Waals surface area contributed by atoms with Crippen molar-refractivity contribution in [2.75, 3.05) is 0 Å². The van der Waals surface area contributed by atoms with Crippen molar-refractivity contribution in [3.8, 4) is 0 Å². The molecule has 6 heteroatoms. The largest absolute Gasteiger partial charge is 0.447 e. The Bertz CT molecular complexity index is 95.2. The summed E-state index contributed by atoms with van der Waals surface area (Å²) in [6.07, 6.45) is 0. The average Bonchev–Trinajstić information content (AvgIpc) is 1.21. The van der Waals surface area contributed by atoms with Crippen LogP contribution >= 0.6 is 36.6 Å². The number of hydrogen-bond donors (Lipinski definition) is 1. The van der Waals surface area contributed by atoms with E-state index in [1.165, 1.54) is 0 Å². The van der Waals surface area contributed by atoms with Crippen molar-refractivity contribution in [2.24, 2.45) is 0 Å². The minimum atomic E-state index is -4.28. The zero-order valence-electron chi connectivity index (χ0n) is 3.40. The van der Waals surface area contributed by atoms with Crippen LogP contribution in [0.4, 0.5) is 13.2 Å². The van der Waals surface area contributed by atoms with E-state index in [1.54, 1.807) is 0 Å². The summed E-state index contributed by atoms with van der Waals surface area (Å²) in [4.78, 5) is 0. The van der Waals surface area contributed by atoms with Crippen LogP contribution in [0.1, 0.15) is 0 Å². The molecule has 0 aromatic heterocycles. The lowest BCUT2D eigenvalue weighted by atomic mass is 11.6. The van der Waals surface area contributed by atoms with Gasteiger partial charge in [0.25, 0.3) is 0 Å². The second-order valence-corrected chi connectivity index (χ2v) is 3.61. The molecule has 0 heterocycles. The summed E-state index contributed by atoms with van der Waals surface area (Å²) < 4.78 is 33.0. The van der Waals surface area contributed by atoms with Crippen molar-refractivity contribution >= 4 is 40.1 Å². The fraction of sp³-hybridized carbons (Fsp3) is 0.500. The molecule has 0 bridgehead atoms. The Balaban J connectivity index is 3.55. The van der Waals surface area contributed by atoms with Crippen molar-refractivity contribution in [3.63, 3.8) is 0 Å². The lowest BCUT2D eigenvalue weighted by Crippen LogP contribution is -2.00. The fourth-order valence-electron chi connectivity index (χ4n) is 0.0990. The molecule has 0 rings (SSSR count). The van der Waals surface area contributed by atoms with Crippen molar-refractivity contribution in [3.05, 3.63) is 0 Å². The number of rotatable bonds is 0. The van der Waals surface area contributed by atoms with Gasteiger partial charge in [-0.15, -0.1) is 12.6 Å². The lowest BCUT2D eigenvalue weighted by Gasteiger charge is -1.99. The molecule has 0 atom stereocenters. The van der Waals surface area contributed by atoms with Crippen molar-refractivity contribution in [1.29, 1.82) is 0 Å². The molecule has 0 saturated carbocycles. The monoisotopic (exact) mass is 178 g/mol. The molecule has 0 fully saturated rings. The number of hydrogen-bond acceptors (Lipinski definition) is 2. The molecule has 0 radical (unpaired) electrons. The molecule has 0 aliphatic rings. The van der Waals surface area contributed by atoms with Crippen LogP contribution in [0.15, 0.2) is 0 Å². The Morgan fingerprint density at radius 1 is 1.50 bits per heavy atom. The van der Waals surface area contributed by atoms with Gasteiger partial charge in [-0.05, 0) is 0 Å². The van der Waals surface area contributed by atoms with Crippen LogP contribution in [0.5, 0.6) is 0 Å². The average molecular weight is 178 g/mol. The molecular formula is C2HF3S3. The highest BCUT2D eigenvalue weighted by atomic mass is 32.2. The molecule has 0 N–H and O–H groups in total. The Morgan fingerprint density at radius 2 is 1.88 bits per heavy atom. The zero-order chi connectivity index (χ0) is 6.78. The van der Waals surface area contributed by atoms with E-state index in [1.807, 2.05) is 0 Å². The van der Waals surface area contributed by atoms with Gasteiger partial charge in [0.05, 0.1) is 0 Å². The van der Waals surface area contributed by atoms with Crippen molar-refractivity contribution in [1.82, 2.24) is 0 Å². The topological polar surface area (TPSA) is 0 Å². The first-order chi connectivity index (χ1) is 3.42. The second-order valence-electron chi connectivity index (χ2n) is 0.814. The maximum absolute atomic E-state index is 11.1. The van der Waals surface area contributed by atoms with Crippen LogP contribution in [-0.4, -0.2) is 9.04 Å². The standard InChI is InChI=1S/C2HF3S3/c3-2(4,5)8-1(6)7/h(H,6,7). The van der Waals surface area contributed by atoms with E-state index in [0.29, 0.717) is 0 Å². The predicted molar refractivity (Wildman–Crippen MR) is 35.2 cm³/mol. The smallest absolute Gasteiger partial charge is 0.160 e. The van der Waals surface area contributed by atoms with Gasteiger partial charge in [0.15, 0.2) is 0 Å². The summed E-state index contributed by atoms with van der Waals surface area (Å²) in [7, 11) is 0. The SMILES string of the molecule is FC(F)(F)SC(=S)S. The van der Waals surface area contributed by atoms with E-state index in [2.05, 4.69) is 24.8 Å². The molecule has 0 spiro atoms. The number of thiol groups is 1. The van der Waals surface area contributed by atoms with Gasteiger partial charge in [-0.2, -0.15) is 13.2 Å². The van der Waals surface area contributed by atoms with E-state index in [9.17, 15) is 13.2 Å². The normalized spacial score (nSPS) is 11.5. The van der Waals surface area contributed by atoms with E-state index in [-0.39, 0.29) is 0 Å². The number of alkyl halides is 3. The minimum absolute atomic E-state index is 0.393. The predicted octanol–water partition coefficient (Wildman–Crippen LogP) is 2.45. The van der Waals surface area contributed by atoms with Crippen LogP contribution in [0, 0.1) is 0 Å². The van der Waals surface area contributed by atoms with E-state index in [0.717, 1.165) is 0 Å². The Morgan fingerprint density at radius 3 is 1.88 bits per heavy atom. The van der Waals surface area contributed by atoms with Gasteiger partial charge in [-0.1, -0.05) is 12.2 Å². The highest BCUT2D eigenvalue weighted by Gasteiger charge is 2.29. The summed E-state index contributed by atoms with van der Waals surface area (Å²) in [5.74, 6) is 0. The Hall–Kier alpha value is 0.580. The van der Waals surface area contributed by atoms with Gasteiger partial charge in [0, 0.05) is 11.8 Å². The molecule has 0 aliphatic heterocycles. The van der Waals surface area contributed by atoms with Crippen LogP contribution in [0.25, 0.3) is 0 Å². The number of thioether (sulfide) groups is 1. The van der Waals surface area contributed by atoms with Crippen LogP contribution in [-0.2, 0) is 0 Å². The third-order valence-electron chi connectivity index (χ3n) is 0.203. The second kappa shape index (κ2) is 2.93. The summed E-state index contributed by atoms with van der Waals surface area (Å²) in [5, 5.41) is 0. The molecule has 0 aromatic carbocycles. The summed E-state index contributed by atoms with van der Waals surface area (Å²) in [5.41, 5.74) is -4.28. The maximum Gasteiger partial charge on any atom is 0.447 e. The minimum Gasteiger partial charge on any atom is -0.160 e. The van der Waals surface area contributed by atoms with Gasteiger partial charge < -0.3 is 0 Å². The number of halogens is 3. The quantitative estimate of drug-likeness (QED) is 0.447. The van der Waals surface area contributed by atoms with Crippen LogP contribution < -0.4 is 0 Å². The molecular weight excluding hydrogens is 177 g/mol. The Kier molecular flexibility index (Phi) is 3.14. The first-order valence-corrected chi connectivity index (χ1v) is 3.07. The van der Waals surface area contributed by atoms with Gasteiger partial charge in [-0.3, -0.25) is 0 Å². The molecule has 8 heavy (non-hydrogen) atoms. The molecule has 0 aromatic rings. The highest BCUT2D eigenvalue weighted by molar-refractivity contribution is 8.42. The lowest BCUT2D eigenvalue weighted by molar-refractivity contribution is -0.0314. The first kappa shape index (κ1) is 8.58. The molecule has 0 saturated heterocycles.